The Labute approximate surface area is 85.6 Å². The SMILES string of the molecule is CC1=CC(O)(C#CCO)CC(C)(C)C1. The molecule has 0 bridgehead atoms. The molecule has 0 spiro atoms. The molecule has 1 aliphatic rings. The molecule has 0 heterocycles. The molecule has 2 nitrogen and oxygen atoms in total. The van der Waals surface area contributed by atoms with E-state index in [2.05, 4.69) is 25.7 Å². The molecule has 0 aliphatic heterocycles. The maximum atomic E-state index is 10.1. The van der Waals surface area contributed by atoms with Gasteiger partial charge in [0.15, 0.2) is 0 Å². The molecule has 0 amide bonds. The minimum absolute atomic E-state index is 0.0811. The molecule has 2 N–H and O–H groups in total. The maximum Gasteiger partial charge on any atom is 0.144 e. The number of hydrogen-bond acceptors (Lipinski definition) is 2. The van der Waals surface area contributed by atoms with Crippen molar-refractivity contribution in [1.29, 1.82) is 0 Å². The van der Waals surface area contributed by atoms with Crippen molar-refractivity contribution >= 4 is 0 Å². The molecule has 1 aliphatic carbocycles. The topological polar surface area (TPSA) is 40.5 Å². The summed E-state index contributed by atoms with van der Waals surface area (Å²) in [5.74, 6) is 5.24. The first-order chi connectivity index (χ1) is 6.37. The van der Waals surface area contributed by atoms with Gasteiger partial charge in [-0.15, -0.1) is 0 Å². The smallest absolute Gasteiger partial charge is 0.144 e. The number of aliphatic hydroxyl groups excluding tert-OH is 1. The highest BCUT2D eigenvalue weighted by Crippen LogP contribution is 2.39. The Hall–Kier alpha value is -0.780. The van der Waals surface area contributed by atoms with Crippen molar-refractivity contribution in [3.8, 4) is 11.8 Å². The van der Waals surface area contributed by atoms with Gasteiger partial charge in [-0.05, 0) is 31.3 Å². The fourth-order valence-corrected chi connectivity index (χ4v) is 2.33. The summed E-state index contributed by atoms with van der Waals surface area (Å²) in [6.07, 6.45) is 3.43. The molecule has 0 aromatic rings. The maximum absolute atomic E-state index is 10.1. The molecule has 2 heteroatoms. The van der Waals surface area contributed by atoms with Crippen molar-refractivity contribution in [3.05, 3.63) is 11.6 Å². The zero-order valence-electron chi connectivity index (χ0n) is 9.09. The second-order valence-electron chi connectivity index (χ2n) is 4.89. The largest absolute Gasteiger partial charge is 0.384 e. The number of aliphatic hydroxyl groups is 2. The van der Waals surface area contributed by atoms with E-state index in [1.807, 2.05) is 6.92 Å². The molecular weight excluding hydrogens is 176 g/mol. The van der Waals surface area contributed by atoms with E-state index < -0.39 is 5.60 Å². The lowest BCUT2D eigenvalue weighted by molar-refractivity contribution is 0.0813. The van der Waals surface area contributed by atoms with Gasteiger partial charge in [0.2, 0.25) is 0 Å². The number of hydrogen-bond donors (Lipinski definition) is 2. The van der Waals surface area contributed by atoms with Crippen molar-refractivity contribution in [2.45, 2.75) is 39.2 Å². The van der Waals surface area contributed by atoms with Gasteiger partial charge in [-0.2, -0.15) is 0 Å². The molecule has 0 radical (unpaired) electrons. The van der Waals surface area contributed by atoms with Crippen LogP contribution in [0.5, 0.6) is 0 Å². The summed E-state index contributed by atoms with van der Waals surface area (Å²) in [4.78, 5) is 0. The average Bonchev–Trinajstić information content (AvgIpc) is 1.96. The van der Waals surface area contributed by atoms with Crippen LogP contribution < -0.4 is 0 Å². The van der Waals surface area contributed by atoms with Crippen LogP contribution >= 0.6 is 0 Å². The molecule has 1 atom stereocenters. The summed E-state index contributed by atoms with van der Waals surface area (Å²) in [6, 6.07) is 0. The Morgan fingerprint density at radius 1 is 1.50 bits per heavy atom. The second-order valence-corrected chi connectivity index (χ2v) is 4.89. The molecule has 0 fully saturated rings. The summed E-state index contributed by atoms with van der Waals surface area (Å²) in [5.41, 5.74) is 0.197. The van der Waals surface area contributed by atoms with E-state index >= 15 is 0 Å². The Morgan fingerprint density at radius 3 is 2.64 bits per heavy atom. The first-order valence-corrected chi connectivity index (χ1v) is 4.88. The fourth-order valence-electron chi connectivity index (χ4n) is 2.33. The first kappa shape index (κ1) is 11.3. The van der Waals surface area contributed by atoms with Crippen LogP contribution in [0.3, 0.4) is 0 Å². The standard InChI is InChI=1S/C12H18O2/c1-10-7-11(2,3)9-12(14,8-10)5-4-6-13/h8,13-14H,6-7,9H2,1-3H3. The Kier molecular flexibility index (Phi) is 3.04. The monoisotopic (exact) mass is 194 g/mol. The molecule has 78 valence electrons. The van der Waals surface area contributed by atoms with E-state index in [-0.39, 0.29) is 12.0 Å². The molecule has 0 saturated heterocycles. The highest BCUT2D eigenvalue weighted by molar-refractivity contribution is 5.29. The van der Waals surface area contributed by atoms with Gasteiger partial charge in [-0.25, -0.2) is 0 Å². The minimum atomic E-state index is -1.05. The van der Waals surface area contributed by atoms with Crippen LogP contribution in [0.25, 0.3) is 0 Å². The quantitative estimate of drug-likeness (QED) is 0.453. The van der Waals surface area contributed by atoms with Crippen LogP contribution in [-0.2, 0) is 0 Å². The third kappa shape index (κ3) is 2.87. The van der Waals surface area contributed by atoms with E-state index in [4.69, 9.17) is 5.11 Å². The first-order valence-electron chi connectivity index (χ1n) is 4.88. The van der Waals surface area contributed by atoms with Gasteiger partial charge in [0.25, 0.3) is 0 Å². The van der Waals surface area contributed by atoms with Gasteiger partial charge in [0.05, 0.1) is 0 Å². The molecule has 0 aromatic heterocycles. The Bertz CT molecular complexity index is 304. The third-order valence-electron chi connectivity index (χ3n) is 2.37. The summed E-state index contributed by atoms with van der Waals surface area (Å²) < 4.78 is 0. The van der Waals surface area contributed by atoms with E-state index in [9.17, 15) is 5.11 Å². The van der Waals surface area contributed by atoms with Gasteiger partial charge in [0.1, 0.15) is 12.2 Å². The molecule has 1 unspecified atom stereocenters. The lowest BCUT2D eigenvalue weighted by Gasteiger charge is -2.36. The Morgan fingerprint density at radius 2 is 2.14 bits per heavy atom. The zero-order chi connectivity index (χ0) is 10.8. The van der Waals surface area contributed by atoms with Crippen molar-refractivity contribution in [2.75, 3.05) is 6.61 Å². The molecule has 0 aromatic carbocycles. The van der Waals surface area contributed by atoms with Crippen LogP contribution in [0.1, 0.15) is 33.6 Å². The van der Waals surface area contributed by atoms with Crippen molar-refractivity contribution in [2.24, 2.45) is 5.41 Å². The molecule has 14 heavy (non-hydrogen) atoms. The van der Waals surface area contributed by atoms with Gasteiger partial charge >= 0.3 is 0 Å². The van der Waals surface area contributed by atoms with E-state index in [1.165, 1.54) is 0 Å². The molecule has 0 saturated carbocycles. The zero-order valence-corrected chi connectivity index (χ0v) is 9.09. The van der Waals surface area contributed by atoms with E-state index in [1.54, 1.807) is 6.08 Å². The summed E-state index contributed by atoms with van der Waals surface area (Å²) in [7, 11) is 0. The highest BCUT2D eigenvalue weighted by atomic mass is 16.3. The van der Waals surface area contributed by atoms with E-state index in [0.717, 1.165) is 12.0 Å². The van der Waals surface area contributed by atoms with Gasteiger partial charge in [-0.3, -0.25) is 0 Å². The van der Waals surface area contributed by atoms with Gasteiger partial charge in [-0.1, -0.05) is 31.3 Å². The van der Waals surface area contributed by atoms with Crippen LogP contribution in [0.4, 0.5) is 0 Å². The summed E-state index contributed by atoms with van der Waals surface area (Å²) >= 11 is 0. The van der Waals surface area contributed by atoms with Crippen LogP contribution in [0, 0.1) is 17.3 Å². The Balaban J connectivity index is 2.94. The predicted molar refractivity (Wildman–Crippen MR) is 56.6 cm³/mol. The average molecular weight is 194 g/mol. The predicted octanol–water partition coefficient (Wildman–Crippen LogP) is 1.48. The van der Waals surface area contributed by atoms with Gasteiger partial charge in [0, 0.05) is 0 Å². The van der Waals surface area contributed by atoms with Crippen molar-refractivity contribution in [1.82, 2.24) is 0 Å². The van der Waals surface area contributed by atoms with Crippen LogP contribution in [0.2, 0.25) is 0 Å². The van der Waals surface area contributed by atoms with Gasteiger partial charge < -0.3 is 10.2 Å². The van der Waals surface area contributed by atoms with Crippen LogP contribution in [-0.4, -0.2) is 22.4 Å². The number of rotatable bonds is 0. The highest BCUT2D eigenvalue weighted by Gasteiger charge is 2.35. The lowest BCUT2D eigenvalue weighted by Crippen LogP contribution is -2.35. The molecule has 1 rings (SSSR count). The third-order valence-corrected chi connectivity index (χ3v) is 2.37. The molecular formula is C12H18O2. The van der Waals surface area contributed by atoms with Crippen molar-refractivity contribution in [3.63, 3.8) is 0 Å². The minimum Gasteiger partial charge on any atom is -0.384 e. The van der Waals surface area contributed by atoms with Crippen LogP contribution in [0.15, 0.2) is 11.6 Å². The second kappa shape index (κ2) is 3.76. The normalized spacial score (nSPS) is 30.2. The number of allylic oxidation sites excluding steroid dienone is 1. The van der Waals surface area contributed by atoms with E-state index in [0.29, 0.717) is 6.42 Å². The lowest BCUT2D eigenvalue weighted by atomic mass is 9.71. The summed E-state index contributed by atoms with van der Waals surface area (Å²) in [6.45, 7) is 6.05. The van der Waals surface area contributed by atoms with Crippen molar-refractivity contribution < 1.29 is 10.2 Å². The summed E-state index contributed by atoms with van der Waals surface area (Å²) in [5, 5.41) is 18.7. The fraction of sp³-hybridized carbons (Fsp3) is 0.667.